The fourth-order valence-corrected chi connectivity index (χ4v) is 8.43. The summed E-state index contributed by atoms with van der Waals surface area (Å²) >= 11 is 13.1. The van der Waals surface area contributed by atoms with Crippen LogP contribution in [0.5, 0.6) is 5.75 Å². The van der Waals surface area contributed by atoms with E-state index in [0.29, 0.717) is 16.5 Å². The normalized spacial score (nSPS) is 20.0. The monoisotopic (exact) mass is 743 g/mol. The van der Waals surface area contributed by atoms with Gasteiger partial charge in [-0.05, 0) is 71.3 Å². The van der Waals surface area contributed by atoms with Gasteiger partial charge in [-0.1, -0.05) is 102 Å². The number of nitrogens with two attached hydrogens (primary N) is 1. The van der Waals surface area contributed by atoms with E-state index >= 15 is 0 Å². The number of H-pyrrole nitrogens is 1. The fourth-order valence-electron chi connectivity index (χ4n) is 7.11. The van der Waals surface area contributed by atoms with Gasteiger partial charge in [0.25, 0.3) is 11.5 Å². The molecule has 1 amide bonds. The van der Waals surface area contributed by atoms with Gasteiger partial charge in [0.2, 0.25) is 0 Å². The molecular weight excluding hydrogens is 701 g/mol. The van der Waals surface area contributed by atoms with Crippen molar-refractivity contribution >= 4 is 62.4 Å². The summed E-state index contributed by atoms with van der Waals surface area (Å²) in [6.45, 7) is 15.0. The standard InChI is InChI=1S/C36H43Cl2N5O6S/c1-19-17-23(35(2,3)4)26(24(18-19)36(5,6)7)34(46)49-28-25(20-13-15-21(37)16-14-20)29(38)43-31(28)40-30(39)27(33(43)45)32(44)42-50(47,48)41-22-11-9-8-10-12-22/h8-16,19,23-24,26,40-41H,17-18,39H2,1-7H3,(H,42,44). The SMILES string of the molecule is CC1CC(C(C)(C)C)C(C(=O)Oc2c(-c3ccc(Cl)cc3)c(Cl)n3c(=O)c(C(=O)NS(=O)(=O)Nc4ccccc4)c(N)[nH]c23)C(C(C)(C)C)C1. The molecule has 0 aliphatic heterocycles. The van der Waals surface area contributed by atoms with Crippen LogP contribution in [0.4, 0.5) is 11.5 Å². The van der Waals surface area contributed by atoms with Crippen molar-refractivity contribution in [3.05, 3.63) is 80.7 Å². The van der Waals surface area contributed by atoms with E-state index in [9.17, 15) is 22.8 Å². The van der Waals surface area contributed by atoms with Crippen LogP contribution >= 0.6 is 23.2 Å². The second-order valence-electron chi connectivity index (χ2n) is 15.3. The third kappa shape index (κ3) is 7.52. The molecule has 2 aromatic carbocycles. The highest BCUT2D eigenvalue weighted by Crippen LogP contribution is 2.53. The van der Waals surface area contributed by atoms with Gasteiger partial charge in [0, 0.05) is 5.02 Å². The van der Waals surface area contributed by atoms with Crippen LogP contribution in [0.1, 0.15) is 71.7 Å². The first-order chi connectivity index (χ1) is 23.2. The predicted molar refractivity (Wildman–Crippen MR) is 198 cm³/mol. The first kappa shape index (κ1) is 37.3. The van der Waals surface area contributed by atoms with E-state index in [4.69, 9.17) is 33.7 Å². The Bertz CT molecular complexity index is 2080. The van der Waals surface area contributed by atoms with Crippen molar-refractivity contribution < 1.29 is 22.7 Å². The number of carbonyl (C=O) groups is 2. The molecule has 2 heterocycles. The van der Waals surface area contributed by atoms with Gasteiger partial charge in [0.15, 0.2) is 11.4 Å². The summed E-state index contributed by atoms with van der Waals surface area (Å²) in [5.74, 6) is -2.43. The molecule has 0 saturated heterocycles. The number of ether oxygens (including phenoxy) is 1. The number of fused-ring (bicyclic) bond motifs is 1. The van der Waals surface area contributed by atoms with Crippen LogP contribution in [0.15, 0.2) is 59.4 Å². The number of hydrogen-bond donors (Lipinski definition) is 4. The van der Waals surface area contributed by atoms with Crippen molar-refractivity contribution in [1.82, 2.24) is 14.1 Å². The van der Waals surface area contributed by atoms with Crippen LogP contribution in [-0.4, -0.2) is 29.7 Å². The van der Waals surface area contributed by atoms with Gasteiger partial charge >= 0.3 is 16.2 Å². The first-order valence-corrected chi connectivity index (χ1v) is 18.6. The molecule has 268 valence electrons. The predicted octanol–water partition coefficient (Wildman–Crippen LogP) is 7.55. The third-order valence-corrected chi connectivity index (χ3v) is 11.1. The van der Waals surface area contributed by atoms with E-state index in [1.807, 2.05) is 4.72 Å². The second kappa shape index (κ2) is 13.6. The minimum absolute atomic E-state index is 0.0165. The van der Waals surface area contributed by atoms with E-state index < -0.39 is 44.9 Å². The van der Waals surface area contributed by atoms with Gasteiger partial charge in [0.1, 0.15) is 16.5 Å². The number of anilines is 2. The van der Waals surface area contributed by atoms with Gasteiger partial charge in [-0.3, -0.25) is 19.1 Å². The van der Waals surface area contributed by atoms with E-state index in [1.165, 1.54) is 12.1 Å². The average molecular weight is 745 g/mol. The number of nitrogens with one attached hydrogen (secondary N) is 3. The average Bonchev–Trinajstić information content (AvgIpc) is 3.26. The summed E-state index contributed by atoms with van der Waals surface area (Å²) in [7, 11) is -4.48. The summed E-state index contributed by atoms with van der Waals surface area (Å²) < 4.78 is 36.9. The molecule has 1 saturated carbocycles. The quantitative estimate of drug-likeness (QED) is 0.142. The van der Waals surface area contributed by atoms with Gasteiger partial charge in [-0.15, -0.1) is 0 Å². The number of aromatic amines is 1. The van der Waals surface area contributed by atoms with Crippen molar-refractivity contribution in [3.8, 4) is 16.9 Å². The smallest absolute Gasteiger partial charge is 0.323 e. The number of para-hydroxylation sites is 1. The Kier molecular flexibility index (Phi) is 10.1. The molecule has 2 atom stereocenters. The molecule has 5 N–H and O–H groups in total. The molecule has 4 aromatic rings. The minimum Gasteiger partial charge on any atom is -0.422 e. The number of amides is 1. The van der Waals surface area contributed by atoms with E-state index in [0.717, 1.165) is 17.2 Å². The topological polar surface area (TPSA) is 165 Å². The van der Waals surface area contributed by atoms with E-state index in [-0.39, 0.29) is 50.5 Å². The maximum absolute atomic E-state index is 14.6. The van der Waals surface area contributed by atoms with Crippen LogP contribution < -0.4 is 25.5 Å². The van der Waals surface area contributed by atoms with Crippen LogP contribution in [0.2, 0.25) is 10.2 Å². The number of nitrogen functional groups attached to an aromatic ring is 1. The summed E-state index contributed by atoms with van der Waals surface area (Å²) in [5, 5.41) is 0.247. The van der Waals surface area contributed by atoms with Crippen LogP contribution in [-0.2, 0) is 15.0 Å². The Hall–Kier alpha value is -4.00. The van der Waals surface area contributed by atoms with E-state index in [2.05, 4.69) is 58.2 Å². The van der Waals surface area contributed by atoms with Crippen molar-refractivity contribution in [1.29, 1.82) is 0 Å². The molecular formula is C36H43Cl2N5O6S. The molecule has 50 heavy (non-hydrogen) atoms. The molecule has 1 fully saturated rings. The van der Waals surface area contributed by atoms with Gasteiger partial charge in [0.05, 0.1) is 17.2 Å². The second-order valence-corrected chi connectivity index (χ2v) is 17.5. The third-order valence-electron chi connectivity index (χ3n) is 9.50. The number of nitrogens with zero attached hydrogens (tertiary/aromatic N) is 1. The molecule has 0 bridgehead atoms. The molecule has 5 rings (SSSR count). The molecule has 1 aliphatic rings. The highest BCUT2D eigenvalue weighted by atomic mass is 35.5. The van der Waals surface area contributed by atoms with Crippen LogP contribution in [0.25, 0.3) is 16.8 Å². The zero-order chi connectivity index (χ0) is 36.9. The Labute approximate surface area is 302 Å². The molecule has 14 heteroatoms. The molecule has 0 spiro atoms. The van der Waals surface area contributed by atoms with Crippen molar-refractivity contribution in [2.24, 2.45) is 34.5 Å². The number of carbonyl (C=O) groups excluding carboxylic acids is 2. The van der Waals surface area contributed by atoms with Gasteiger partial charge in [-0.2, -0.15) is 8.42 Å². The maximum Gasteiger partial charge on any atom is 0.323 e. The van der Waals surface area contributed by atoms with Crippen LogP contribution in [0, 0.1) is 34.5 Å². The lowest BCUT2D eigenvalue weighted by atomic mass is 9.55. The number of aromatic nitrogens is 2. The minimum atomic E-state index is -4.48. The number of rotatable bonds is 7. The van der Waals surface area contributed by atoms with Gasteiger partial charge in [-0.25, -0.2) is 9.12 Å². The van der Waals surface area contributed by atoms with Crippen LogP contribution in [0.3, 0.4) is 0 Å². The summed E-state index contributed by atoms with van der Waals surface area (Å²) in [4.78, 5) is 44.7. The van der Waals surface area contributed by atoms with Crippen molar-refractivity contribution in [2.75, 3.05) is 10.5 Å². The Morgan fingerprint density at radius 1 is 0.940 bits per heavy atom. The first-order valence-electron chi connectivity index (χ1n) is 16.3. The Balaban J connectivity index is 1.65. The lowest BCUT2D eigenvalue weighted by Crippen LogP contribution is -2.48. The number of halogens is 2. The Morgan fingerprint density at radius 2 is 1.50 bits per heavy atom. The molecule has 0 radical (unpaired) electrons. The highest BCUT2D eigenvalue weighted by Gasteiger charge is 2.50. The fraction of sp³-hybridized carbons (Fsp3) is 0.417. The molecule has 2 unspecified atom stereocenters. The lowest BCUT2D eigenvalue weighted by Gasteiger charge is -2.49. The van der Waals surface area contributed by atoms with E-state index in [1.54, 1.807) is 42.5 Å². The lowest BCUT2D eigenvalue weighted by molar-refractivity contribution is -0.152. The van der Waals surface area contributed by atoms with Crippen molar-refractivity contribution in [3.63, 3.8) is 0 Å². The van der Waals surface area contributed by atoms with Crippen molar-refractivity contribution in [2.45, 2.75) is 61.3 Å². The zero-order valence-electron chi connectivity index (χ0n) is 29.1. The summed E-state index contributed by atoms with van der Waals surface area (Å²) in [6.07, 6.45) is 1.67. The molecule has 2 aromatic heterocycles. The number of hydrogen-bond acceptors (Lipinski definition) is 7. The maximum atomic E-state index is 14.6. The summed E-state index contributed by atoms with van der Waals surface area (Å²) in [5.41, 5.74) is 4.81. The van der Waals surface area contributed by atoms with Gasteiger partial charge < -0.3 is 15.5 Å². The summed E-state index contributed by atoms with van der Waals surface area (Å²) in [6, 6.07) is 14.4. The number of esters is 1. The Morgan fingerprint density at radius 3 is 2.04 bits per heavy atom. The number of benzene rings is 2. The highest BCUT2D eigenvalue weighted by molar-refractivity contribution is 7.91. The zero-order valence-corrected chi connectivity index (χ0v) is 31.4. The molecule has 1 aliphatic carbocycles. The largest absolute Gasteiger partial charge is 0.422 e. The molecule has 11 nitrogen and oxygen atoms in total.